The third-order valence-corrected chi connectivity index (χ3v) is 5.27. The van der Waals surface area contributed by atoms with Gasteiger partial charge in [0.1, 0.15) is 5.69 Å². The van der Waals surface area contributed by atoms with Crippen molar-refractivity contribution >= 4 is 28.6 Å². The molecule has 1 aliphatic heterocycles. The maximum absolute atomic E-state index is 12.4. The Hall–Kier alpha value is -2.25. The van der Waals surface area contributed by atoms with Gasteiger partial charge in [-0.1, -0.05) is 18.2 Å². The second kappa shape index (κ2) is 7.11. The number of thiophene rings is 1. The average molecular weight is 345 g/mol. The van der Waals surface area contributed by atoms with E-state index in [0.717, 1.165) is 19.4 Å². The molecule has 1 atom stereocenters. The summed E-state index contributed by atoms with van der Waals surface area (Å²) in [4.78, 5) is 26.5. The highest BCUT2D eigenvalue weighted by molar-refractivity contribution is 7.10. The first-order valence-corrected chi connectivity index (χ1v) is 8.75. The molecule has 0 saturated carbocycles. The van der Waals surface area contributed by atoms with Crippen LogP contribution < -0.4 is 5.32 Å². The van der Waals surface area contributed by atoms with Crippen molar-refractivity contribution in [3.05, 3.63) is 56.3 Å². The first-order valence-electron chi connectivity index (χ1n) is 7.87. The van der Waals surface area contributed by atoms with E-state index in [1.807, 2.05) is 11.4 Å². The molecule has 6 nitrogen and oxygen atoms in total. The molecule has 1 amide bonds. The van der Waals surface area contributed by atoms with Gasteiger partial charge in [-0.15, -0.1) is 11.3 Å². The maximum atomic E-state index is 12.4. The Bertz CT molecular complexity index is 746. The summed E-state index contributed by atoms with van der Waals surface area (Å²) in [5.74, 6) is -0.212. The number of hydrogen-bond donors (Lipinski definition) is 1. The molecular formula is C17H19N3O3S. The van der Waals surface area contributed by atoms with E-state index in [2.05, 4.69) is 16.3 Å². The predicted molar refractivity (Wildman–Crippen MR) is 94.3 cm³/mol. The number of nitrogens with one attached hydrogen (secondary N) is 1. The van der Waals surface area contributed by atoms with Crippen LogP contribution in [-0.4, -0.2) is 28.8 Å². The van der Waals surface area contributed by atoms with E-state index in [1.54, 1.807) is 30.4 Å². The Balaban J connectivity index is 1.71. The van der Waals surface area contributed by atoms with Gasteiger partial charge in [0.2, 0.25) is 5.91 Å². The van der Waals surface area contributed by atoms with Gasteiger partial charge in [-0.3, -0.25) is 19.8 Å². The van der Waals surface area contributed by atoms with Crippen molar-refractivity contribution in [2.45, 2.75) is 25.8 Å². The molecule has 1 N–H and O–H groups in total. The summed E-state index contributed by atoms with van der Waals surface area (Å²) in [6.07, 6.45) is 2.10. The van der Waals surface area contributed by atoms with Crippen LogP contribution in [0.1, 0.15) is 29.3 Å². The third-order valence-electron chi connectivity index (χ3n) is 4.29. The minimum atomic E-state index is -0.465. The molecule has 1 fully saturated rings. The first-order chi connectivity index (χ1) is 11.6. The SMILES string of the molecule is Cc1cccc([N+](=O)[O-])c1NC(=O)CN1CCC[C@H]1c1cccs1. The molecule has 126 valence electrons. The van der Waals surface area contributed by atoms with Crippen molar-refractivity contribution < 1.29 is 9.72 Å². The minimum absolute atomic E-state index is 0.0698. The number of nitro benzene ring substituents is 1. The fourth-order valence-corrected chi connectivity index (χ4v) is 4.04. The number of aryl methyl sites for hydroxylation is 1. The molecule has 7 heteroatoms. The smallest absolute Gasteiger partial charge is 0.293 e. The van der Waals surface area contributed by atoms with Crippen LogP contribution >= 0.6 is 11.3 Å². The van der Waals surface area contributed by atoms with Crippen LogP contribution in [0, 0.1) is 17.0 Å². The summed E-state index contributed by atoms with van der Waals surface area (Å²) in [6, 6.07) is 9.17. The summed E-state index contributed by atoms with van der Waals surface area (Å²) >= 11 is 1.70. The number of carbonyl (C=O) groups excluding carboxylic acids is 1. The van der Waals surface area contributed by atoms with Gasteiger partial charge in [-0.05, 0) is 43.3 Å². The Morgan fingerprint density at radius 3 is 2.96 bits per heavy atom. The number of rotatable bonds is 5. The molecule has 0 unspecified atom stereocenters. The van der Waals surface area contributed by atoms with E-state index in [4.69, 9.17) is 0 Å². The largest absolute Gasteiger partial charge is 0.319 e. The van der Waals surface area contributed by atoms with Crippen LogP contribution in [0.5, 0.6) is 0 Å². The number of carbonyl (C=O) groups is 1. The number of para-hydroxylation sites is 1. The average Bonchev–Trinajstić information content (AvgIpc) is 3.19. The quantitative estimate of drug-likeness (QED) is 0.661. The first kappa shape index (κ1) is 16.6. The van der Waals surface area contributed by atoms with Crippen LogP contribution in [0.15, 0.2) is 35.7 Å². The monoisotopic (exact) mass is 345 g/mol. The lowest BCUT2D eigenvalue weighted by Gasteiger charge is -2.23. The second-order valence-electron chi connectivity index (χ2n) is 5.92. The lowest BCUT2D eigenvalue weighted by atomic mass is 10.1. The molecule has 0 aliphatic carbocycles. The highest BCUT2D eigenvalue weighted by atomic mass is 32.1. The zero-order valence-electron chi connectivity index (χ0n) is 13.4. The molecule has 3 rings (SSSR count). The van der Waals surface area contributed by atoms with Crippen LogP contribution in [0.3, 0.4) is 0 Å². The predicted octanol–water partition coefficient (Wildman–Crippen LogP) is 3.74. The second-order valence-corrected chi connectivity index (χ2v) is 6.90. The van der Waals surface area contributed by atoms with E-state index >= 15 is 0 Å². The van der Waals surface area contributed by atoms with E-state index in [1.165, 1.54) is 10.9 Å². The summed E-state index contributed by atoms with van der Waals surface area (Å²) in [5.41, 5.74) is 0.910. The van der Waals surface area contributed by atoms with E-state index in [9.17, 15) is 14.9 Å². The van der Waals surface area contributed by atoms with Crippen LogP contribution in [0.4, 0.5) is 11.4 Å². The molecular weight excluding hydrogens is 326 g/mol. The maximum Gasteiger partial charge on any atom is 0.293 e. The Morgan fingerprint density at radius 2 is 2.25 bits per heavy atom. The van der Waals surface area contributed by atoms with Gasteiger partial charge in [-0.25, -0.2) is 0 Å². The standard InChI is InChI=1S/C17H19N3O3S/c1-12-5-2-6-14(20(22)23)17(12)18-16(21)11-19-9-3-7-13(19)15-8-4-10-24-15/h2,4-6,8,10,13H,3,7,9,11H2,1H3,(H,18,21)/t13-/m0/s1. The molecule has 1 aliphatic rings. The fraction of sp³-hybridized carbons (Fsp3) is 0.353. The minimum Gasteiger partial charge on any atom is -0.319 e. The summed E-state index contributed by atoms with van der Waals surface area (Å²) in [6.45, 7) is 2.87. The van der Waals surface area contributed by atoms with Crippen LogP contribution in [0.2, 0.25) is 0 Å². The Kier molecular flexibility index (Phi) is 4.92. The van der Waals surface area contributed by atoms with E-state index in [0.29, 0.717) is 11.3 Å². The molecule has 0 radical (unpaired) electrons. The van der Waals surface area contributed by atoms with E-state index in [-0.39, 0.29) is 24.2 Å². The molecule has 24 heavy (non-hydrogen) atoms. The topological polar surface area (TPSA) is 75.5 Å². The highest BCUT2D eigenvalue weighted by Crippen LogP contribution is 2.34. The fourth-order valence-electron chi connectivity index (χ4n) is 3.15. The van der Waals surface area contributed by atoms with Crippen LogP contribution in [0.25, 0.3) is 0 Å². The molecule has 2 aromatic rings. The van der Waals surface area contributed by atoms with Crippen molar-refractivity contribution in [1.82, 2.24) is 4.90 Å². The molecule has 1 aromatic heterocycles. The lowest BCUT2D eigenvalue weighted by Crippen LogP contribution is -2.33. The van der Waals surface area contributed by atoms with Gasteiger partial charge >= 0.3 is 0 Å². The number of nitrogens with zero attached hydrogens (tertiary/aromatic N) is 2. The van der Waals surface area contributed by atoms with Crippen LogP contribution in [-0.2, 0) is 4.79 Å². The third kappa shape index (κ3) is 3.47. The number of hydrogen-bond acceptors (Lipinski definition) is 5. The number of benzene rings is 1. The molecule has 1 saturated heterocycles. The number of anilines is 1. The van der Waals surface area contributed by atoms with Crippen molar-refractivity contribution in [2.75, 3.05) is 18.4 Å². The normalized spacial score (nSPS) is 17.8. The lowest BCUT2D eigenvalue weighted by molar-refractivity contribution is -0.384. The zero-order chi connectivity index (χ0) is 17.1. The summed E-state index contributed by atoms with van der Waals surface area (Å²) < 4.78 is 0. The Labute approximate surface area is 144 Å². The molecule has 1 aromatic carbocycles. The van der Waals surface area contributed by atoms with Crippen molar-refractivity contribution in [1.29, 1.82) is 0 Å². The van der Waals surface area contributed by atoms with Crippen molar-refractivity contribution in [2.24, 2.45) is 0 Å². The zero-order valence-corrected chi connectivity index (χ0v) is 14.2. The molecule has 0 bridgehead atoms. The number of likely N-dealkylation sites (tertiary alicyclic amines) is 1. The van der Waals surface area contributed by atoms with Gasteiger partial charge in [0.25, 0.3) is 5.69 Å². The van der Waals surface area contributed by atoms with Gasteiger partial charge < -0.3 is 5.32 Å². The Morgan fingerprint density at radius 1 is 1.42 bits per heavy atom. The summed E-state index contributed by atoms with van der Waals surface area (Å²) in [7, 11) is 0. The van der Waals surface area contributed by atoms with Crippen molar-refractivity contribution in [3.8, 4) is 0 Å². The molecule has 2 heterocycles. The number of nitro groups is 1. The number of amides is 1. The van der Waals surface area contributed by atoms with Gasteiger partial charge in [0.15, 0.2) is 0 Å². The van der Waals surface area contributed by atoms with Gasteiger partial charge in [0.05, 0.1) is 11.5 Å². The van der Waals surface area contributed by atoms with Gasteiger partial charge in [0, 0.05) is 17.0 Å². The summed E-state index contributed by atoms with van der Waals surface area (Å²) in [5, 5.41) is 15.9. The van der Waals surface area contributed by atoms with Crippen molar-refractivity contribution in [3.63, 3.8) is 0 Å². The van der Waals surface area contributed by atoms with E-state index < -0.39 is 4.92 Å². The molecule has 0 spiro atoms. The highest BCUT2D eigenvalue weighted by Gasteiger charge is 2.29. The van der Waals surface area contributed by atoms with Gasteiger partial charge in [-0.2, -0.15) is 0 Å².